The Hall–Kier alpha value is -2.25. The van der Waals surface area contributed by atoms with E-state index in [1.54, 1.807) is 38.5 Å². The van der Waals surface area contributed by atoms with Gasteiger partial charge in [0.2, 0.25) is 0 Å². The molecule has 1 N–H and O–H groups in total. The summed E-state index contributed by atoms with van der Waals surface area (Å²) >= 11 is 0. The molecule has 1 aliphatic rings. The first-order chi connectivity index (χ1) is 12.5. The van der Waals surface area contributed by atoms with Gasteiger partial charge in [0.25, 0.3) is 10.0 Å². The minimum absolute atomic E-state index is 0.196. The predicted octanol–water partition coefficient (Wildman–Crippen LogP) is 3.11. The molecule has 0 aliphatic carbocycles. The van der Waals surface area contributed by atoms with Gasteiger partial charge in [-0.15, -0.1) is 0 Å². The zero-order valence-electron chi connectivity index (χ0n) is 15.0. The zero-order chi connectivity index (χ0) is 18.6. The van der Waals surface area contributed by atoms with Crippen LogP contribution in [-0.4, -0.2) is 41.8 Å². The molecule has 2 aromatic rings. The number of hydrogen-bond acceptors (Lipinski definition) is 5. The second-order valence-corrected chi connectivity index (χ2v) is 7.96. The Balaban J connectivity index is 1.70. The number of anilines is 2. The van der Waals surface area contributed by atoms with Gasteiger partial charge in [0.05, 0.1) is 18.1 Å². The molecule has 1 aliphatic heterocycles. The van der Waals surface area contributed by atoms with E-state index in [1.165, 1.54) is 12.1 Å². The molecule has 0 amide bonds. The Morgan fingerprint density at radius 2 is 1.73 bits per heavy atom. The third-order valence-corrected chi connectivity index (χ3v) is 5.96. The highest BCUT2D eigenvalue weighted by molar-refractivity contribution is 7.92. The maximum Gasteiger partial charge on any atom is 0.261 e. The average molecular weight is 376 g/mol. The van der Waals surface area contributed by atoms with E-state index in [9.17, 15) is 8.42 Å². The van der Waals surface area contributed by atoms with Crippen molar-refractivity contribution in [1.29, 1.82) is 0 Å². The standard InChI is InChI=1S/C19H24N2O4S/c1-24-17-9-11-19(12-10-17)26(22,23)20-15-5-7-16(8-6-15)21-13-3-4-18(14-21)25-2/h5-12,18,20H,3-4,13-14H2,1-2H3. The van der Waals surface area contributed by atoms with E-state index < -0.39 is 10.0 Å². The Morgan fingerprint density at radius 3 is 2.35 bits per heavy atom. The Morgan fingerprint density at radius 1 is 1.04 bits per heavy atom. The SMILES string of the molecule is COc1ccc(S(=O)(=O)Nc2ccc(N3CCCC(OC)C3)cc2)cc1. The third kappa shape index (κ3) is 4.28. The molecule has 1 saturated heterocycles. The molecule has 26 heavy (non-hydrogen) atoms. The van der Waals surface area contributed by atoms with Gasteiger partial charge < -0.3 is 14.4 Å². The Kier molecular flexibility index (Phi) is 5.68. The van der Waals surface area contributed by atoms with Gasteiger partial charge in [-0.1, -0.05) is 0 Å². The normalized spacial score (nSPS) is 17.8. The molecule has 6 nitrogen and oxygen atoms in total. The molecule has 3 rings (SSSR count). The largest absolute Gasteiger partial charge is 0.497 e. The first-order valence-corrected chi connectivity index (χ1v) is 10.0. The first kappa shape index (κ1) is 18.5. The fourth-order valence-electron chi connectivity index (χ4n) is 3.07. The fraction of sp³-hybridized carbons (Fsp3) is 0.368. The summed E-state index contributed by atoms with van der Waals surface area (Å²) in [4.78, 5) is 2.46. The molecule has 0 saturated carbocycles. The highest BCUT2D eigenvalue weighted by atomic mass is 32.2. The molecule has 7 heteroatoms. The maximum atomic E-state index is 12.5. The highest BCUT2D eigenvalue weighted by Gasteiger charge is 2.20. The lowest BCUT2D eigenvalue weighted by Gasteiger charge is -2.33. The van der Waals surface area contributed by atoms with Gasteiger partial charge in [-0.2, -0.15) is 0 Å². The van der Waals surface area contributed by atoms with Gasteiger partial charge >= 0.3 is 0 Å². The van der Waals surface area contributed by atoms with Crippen LogP contribution in [0.15, 0.2) is 53.4 Å². The highest BCUT2D eigenvalue weighted by Crippen LogP contribution is 2.24. The summed E-state index contributed by atoms with van der Waals surface area (Å²) in [5, 5.41) is 0. The number of methoxy groups -OCH3 is 2. The van der Waals surface area contributed by atoms with Crippen molar-refractivity contribution >= 4 is 21.4 Å². The number of nitrogens with zero attached hydrogens (tertiary/aromatic N) is 1. The summed E-state index contributed by atoms with van der Waals surface area (Å²) < 4.78 is 38.1. The molecule has 0 spiro atoms. The molecule has 2 aromatic carbocycles. The van der Waals surface area contributed by atoms with Gasteiger partial charge in [0, 0.05) is 31.6 Å². The summed E-state index contributed by atoms with van der Waals surface area (Å²) in [6.45, 7) is 1.84. The third-order valence-electron chi connectivity index (χ3n) is 4.57. The van der Waals surface area contributed by atoms with E-state index in [1.807, 2.05) is 12.1 Å². The van der Waals surface area contributed by atoms with Crippen molar-refractivity contribution in [1.82, 2.24) is 0 Å². The van der Waals surface area contributed by atoms with E-state index in [2.05, 4.69) is 9.62 Å². The van der Waals surface area contributed by atoms with Crippen molar-refractivity contribution in [2.45, 2.75) is 23.8 Å². The summed E-state index contributed by atoms with van der Waals surface area (Å²) in [6.07, 6.45) is 2.41. The summed E-state index contributed by atoms with van der Waals surface area (Å²) in [6, 6.07) is 13.7. The average Bonchev–Trinajstić information content (AvgIpc) is 2.68. The van der Waals surface area contributed by atoms with Gasteiger partial charge in [0.1, 0.15) is 5.75 Å². The molecule has 0 aromatic heterocycles. The molecule has 1 fully saturated rings. The first-order valence-electron chi connectivity index (χ1n) is 8.56. The number of nitrogens with one attached hydrogen (secondary N) is 1. The Bertz CT molecular complexity index is 820. The Labute approximate surface area is 154 Å². The second kappa shape index (κ2) is 7.97. The van der Waals surface area contributed by atoms with Crippen LogP contribution in [0.5, 0.6) is 5.75 Å². The van der Waals surface area contributed by atoms with Crippen LogP contribution in [0.4, 0.5) is 11.4 Å². The number of rotatable bonds is 6. The van der Waals surface area contributed by atoms with Gasteiger partial charge in [-0.3, -0.25) is 4.72 Å². The summed E-state index contributed by atoms with van der Waals surface area (Å²) in [7, 11) is -0.344. The van der Waals surface area contributed by atoms with Crippen molar-refractivity contribution in [3.63, 3.8) is 0 Å². The van der Waals surface area contributed by atoms with Crippen LogP contribution in [0, 0.1) is 0 Å². The zero-order valence-corrected chi connectivity index (χ0v) is 15.8. The predicted molar refractivity (Wildman–Crippen MR) is 102 cm³/mol. The fourth-order valence-corrected chi connectivity index (χ4v) is 4.13. The van der Waals surface area contributed by atoms with Crippen LogP contribution in [0.2, 0.25) is 0 Å². The number of sulfonamides is 1. The van der Waals surface area contributed by atoms with Crippen molar-refractivity contribution < 1.29 is 17.9 Å². The molecule has 0 radical (unpaired) electrons. The molecule has 0 bridgehead atoms. The molecular formula is C19H24N2O4S. The summed E-state index contributed by atoms with van der Waals surface area (Å²) in [5.74, 6) is 0.615. The molecule has 1 atom stereocenters. The second-order valence-electron chi connectivity index (χ2n) is 6.27. The lowest BCUT2D eigenvalue weighted by molar-refractivity contribution is 0.0893. The van der Waals surface area contributed by atoms with Gasteiger partial charge in [-0.25, -0.2) is 8.42 Å². The minimum atomic E-state index is -3.63. The van der Waals surface area contributed by atoms with Crippen LogP contribution in [0.1, 0.15) is 12.8 Å². The number of ether oxygens (including phenoxy) is 2. The van der Waals surface area contributed by atoms with E-state index in [0.717, 1.165) is 31.6 Å². The van der Waals surface area contributed by atoms with Crippen molar-refractivity contribution in [2.75, 3.05) is 36.9 Å². The van der Waals surface area contributed by atoms with Crippen LogP contribution >= 0.6 is 0 Å². The van der Waals surface area contributed by atoms with Gasteiger partial charge in [-0.05, 0) is 61.4 Å². The molecule has 140 valence electrons. The molecule has 1 heterocycles. The van der Waals surface area contributed by atoms with Crippen LogP contribution in [-0.2, 0) is 14.8 Å². The van der Waals surface area contributed by atoms with Crippen LogP contribution < -0.4 is 14.4 Å². The lowest BCUT2D eigenvalue weighted by atomic mass is 10.1. The van der Waals surface area contributed by atoms with Crippen molar-refractivity contribution in [3.05, 3.63) is 48.5 Å². The van der Waals surface area contributed by atoms with Gasteiger partial charge in [0.15, 0.2) is 0 Å². The summed E-state index contributed by atoms with van der Waals surface area (Å²) in [5.41, 5.74) is 1.60. The molecular weight excluding hydrogens is 352 g/mol. The van der Waals surface area contributed by atoms with Crippen molar-refractivity contribution in [3.8, 4) is 5.75 Å². The quantitative estimate of drug-likeness (QED) is 0.839. The topological polar surface area (TPSA) is 67.9 Å². The lowest BCUT2D eigenvalue weighted by Crippen LogP contribution is -2.39. The van der Waals surface area contributed by atoms with Crippen LogP contribution in [0.3, 0.4) is 0 Å². The van der Waals surface area contributed by atoms with E-state index in [0.29, 0.717) is 11.4 Å². The molecule has 1 unspecified atom stereocenters. The van der Waals surface area contributed by atoms with Crippen molar-refractivity contribution in [2.24, 2.45) is 0 Å². The van der Waals surface area contributed by atoms with E-state index in [-0.39, 0.29) is 11.0 Å². The number of piperidine rings is 1. The monoisotopic (exact) mass is 376 g/mol. The van der Waals surface area contributed by atoms with Crippen LogP contribution in [0.25, 0.3) is 0 Å². The minimum Gasteiger partial charge on any atom is -0.497 e. The van der Waals surface area contributed by atoms with E-state index in [4.69, 9.17) is 9.47 Å². The maximum absolute atomic E-state index is 12.5. The van der Waals surface area contributed by atoms with E-state index >= 15 is 0 Å². The smallest absolute Gasteiger partial charge is 0.261 e. The number of hydrogen-bond donors (Lipinski definition) is 1. The number of benzene rings is 2.